The summed E-state index contributed by atoms with van der Waals surface area (Å²) in [4.78, 5) is 0. The van der Waals surface area contributed by atoms with Crippen molar-refractivity contribution in [3.8, 4) is 33.8 Å². The molecule has 0 aliphatic carbocycles. The predicted molar refractivity (Wildman–Crippen MR) is 118 cm³/mol. The molecule has 0 heterocycles. The van der Waals surface area contributed by atoms with Gasteiger partial charge in [-0.15, -0.1) is 0 Å². The highest BCUT2D eigenvalue weighted by atomic mass is 19.3. The van der Waals surface area contributed by atoms with Crippen molar-refractivity contribution in [1.82, 2.24) is 0 Å². The molecule has 3 aromatic carbocycles. The van der Waals surface area contributed by atoms with Crippen LogP contribution < -0.4 is 9.47 Å². The summed E-state index contributed by atoms with van der Waals surface area (Å²) in [5, 5.41) is 0. The Morgan fingerprint density at radius 2 is 1.34 bits per heavy atom. The van der Waals surface area contributed by atoms with E-state index in [2.05, 4.69) is 11.7 Å². The lowest BCUT2D eigenvalue weighted by atomic mass is 9.99. The Kier molecular flexibility index (Phi) is 8.54. The van der Waals surface area contributed by atoms with E-state index in [1.54, 1.807) is 24.3 Å². The van der Waals surface area contributed by atoms with Crippen LogP contribution in [-0.4, -0.2) is 13.2 Å². The average molecular weight is 446 g/mol. The fourth-order valence-electron chi connectivity index (χ4n) is 3.43. The van der Waals surface area contributed by atoms with E-state index in [9.17, 15) is 17.6 Å². The lowest BCUT2D eigenvalue weighted by Crippen LogP contribution is -2.03. The topological polar surface area (TPSA) is 18.5 Å². The van der Waals surface area contributed by atoms with Gasteiger partial charge >= 0.3 is 6.61 Å². The van der Waals surface area contributed by atoms with Gasteiger partial charge in [-0.25, -0.2) is 8.78 Å². The summed E-state index contributed by atoms with van der Waals surface area (Å²) in [5.41, 5.74) is 1.88. The van der Waals surface area contributed by atoms with Gasteiger partial charge in [0.15, 0.2) is 11.6 Å². The van der Waals surface area contributed by atoms with Crippen molar-refractivity contribution in [2.45, 2.75) is 45.6 Å². The largest absolute Gasteiger partial charge is 0.494 e. The standard InChI is InChI=1S/C26H26F4O2/c1-2-3-4-5-6-15-31-21-11-7-18(8-12-21)22-13-9-19(16-23(22)27)20-10-14-25(24(28)17-20)32-26(29)30/h7-14,16-17,26H,2-6,15H2,1H3. The molecule has 32 heavy (non-hydrogen) atoms. The minimum Gasteiger partial charge on any atom is -0.494 e. The molecule has 0 saturated carbocycles. The zero-order chi connectivity index (χ0) is 22.9. The molecule has 0 aromatic heterocycles. The van der Waals surface area contributed by atoms with Crippen molar-refractivity contribution in [1.29, 1.82) is 0 Å². The van der Waals surface area contributed by atoms with Crippen LogP contribution in [0.5, 0.6) is 11.5 Å². The van der Waals surface area contributed by atoms with Gasteiger partial charge in [0.1, 0.15) is 11.6 Å². The SMILES string of the molecule is CCCCCCCOc1ccc(-c2ccc(-c3ccc(OC(F)F)c(F)c3)cc2F)cc1. The lowest BCUT2D eigenvalue weighted by Gasteiger charge is -2.10. The number of halogens is 4. The van der Waals surface area contributed by atoms with Crippen LogP contribution in [-0.2, 0) is 0 Å². The smallest absolute Gasteiger partial charge is 0.387 e. The molecule has 0 atom stereocenters. The van der Waals surface area contributed by atoms with Gasteiger partial charge < -0.3 is 9.47 Å². The highest BCUT2D eigenvalue weighted by Crippen LogP contribution is 2.31. The Morgan fingerprint density at radius 1 is 0.719 bits per heavy atom. The van der Waals surface area contributed by atoms with Crippen LogP contribution in [0.1, 0.15) is 39.0 Å². The molecule has 3 rings (SSSR count). The van der Waals surface area contributed by atoms with E-state index in [1.165, 1.54) is 31.4 Å². The molecule has 6 heteroatoms. The summed E-state index contributed by atoms with van der Waals surface area (Å²) in [6.07, 6.45) is 5.82. The van der Waals surface area contributed by atoms with Crippen molar-refractivity contribution in [2.75, 3.05) is 6.61 Å². The quantitative estimate of drug-likeness (QED) is 0.218. The molecule has 0 aliphatic heterocycles. The predicted octanol–water partition coefficient (Wildman–Crippen LogP) is 8.25. The fourth-order valence-corrected chi connectivity index (χ4v) is 3.43. The summed E-state index contributed by atoms with van der Waals surface area (Å²) in [6.45, 7) is -0.279. The highest BCUT2D eigenvalue weighted by molar-refractivity contribution is 5.71. The van der Waals surface area contributed by atoms with Gasteiger partial charge in [-0.3, -0.25) is 0 Å². The first-order chi connectivity index (χ1) is 15.5. The molecule has 0 amide bonds. The van der Waals surface area contributed by atoms with E-state index in [-0.39, 0.29) is 0 Å². The van der Waals surface area contributed by atoms with Gasteiger partial charge in [0.2, 0.25) is 0 Å². The Hall–Kier alpha value is -3.02. The molecule has 3 aromatic rings. The molecule has 0 saturated heterocycles. The third-order valence-corrected chi connectivity index (χ3v) is 5.13. The third kappa shape index (κ3) is 6.49. The van der Waals surface area contributed by atoms with E-state index < -0.39 is 24.0 Å². The minimum absolute atomic E-state index is 0.359. The van der Waals surface area contributed by atoms with Crippen molar-refractivity contribution in [3.63, 3.8) is 0 Å². The number of unbranched alkanes of at least 4 members (excludes halogenated alkanes) is 4. The van der Waals surface area contributed by atoms with E-state index >= 15 is 0 Å². The number of alkyl halides is 2. The average Bonchev–Trinajstić information content (AvgIpc) is 2.78. The summed E-state index contributed by atoms with van der Waals surface area (Å²) in [7, 11) is 0. The van der Waals surface area contributed by atoms with Gasteiger partial charge in [-0.1, -0.05) is 62.9 Å². The van der Waals surface area contributed by atoms with Gasteiger partial charge in [0.05, 0.1) is 6.61 Å². The highest BCUT2D eigenvalue weighted by Gasteiger charge is 2.13. The zero-order valence-corrected chi connectivity index (χ0v) is 17.9. The van der Waals surface area contributed by atoms with E-state index in [0.717, 1.165) is 30.7 Å². The maximum Gasteiger partial charge on any atom is 0.387 e. The number of hydrogen-bond acceptors (Lipinski definition) is 2. The summed E-state index contributed by atoms with van der Waals surface area (Å²) >= 11 is 0. The molecule has 170 valence electrons. The zero-order valence-electron chi connectivity index (χ0n) is 17.9. The normalized spacial score (nSPS) is 11.1. The lowest BCUT2D eigenvalue weighted by molar-refractivity contribution is -0.0521. The van der Waals surface area contributed by atoms with Gasteiger partial charge in [0, 0.05) is 5.56 Å². The maximum atomic E-state index is 14.8. The number of ether oxygens (including phenoxy) is 2. The van der Waals surface area contributed by atoms with Crippen LogP contribution in [0.15, 0.2) is 60.7 Å². The minimum atomic E-state index is -3.12. The van der Waals surface area contributed by atoms with Crippen LogP contribution in [0.25, 0.3) is 22.3 Å². The van der Waals surface area contributed by atoms with Crippen molar-refractivity contribution < 1.29 is 27.0 Å². The van der Waals surface area contributed by atoms with Crippen LogP contribution >= 0.6 is 0 Å². The van der Waals surface area contributed by atoms with Crippen LogP contribution in [0.2, 0.25) is 0 Å². The Bertz CT molecular complexity index is 1000. The van der Waals surface area contributed by atoms with Crippen molar-refractivity contribution in [2.24, 2.45) is 0 Å². The molecular formula is C26H26F4O2. The number of benzene rings is 3. The van der Waals surface area contributed by atoms with Crippen molar-refractivity contribution >= 4 is 0 Å². The Labute approximate surface area is 185 Å². The molecule has 0 fully saturated rings. The fraction of sp³-hybridized carbons (Fsp3) is 0.308. The first kappa shape index (κ1) is 23.6. The summed E-state index contributed by atoms with van der Waals surface area (Å²) < 4.78 is 63.2. The van der Waals surface area contributed by atoms with Crippen LogP contribution in [0.3, 0.4) is 0 Å². The van der Waals surface area contributed by atoms with Crippen LogP contribution in [0.4, 0.5) is 17.6 Å². The van der Waals surface area contributed by atoms with Gasteiger partial charge in [-0.2, -0.15) is 8.78 Å². The third-order valence-electron chi connectivity index (χ3n) is 5.13. The molecule has 0 aliphatic rings. The van der Waals surface area contributed by atoms with Crippen molar-refractivity contribution in [3.05, 3.63) is 72.3 Å². The molecule has 0 N–H and O–H groups in total. The summed E-state index contributed by atoms with van der Waals surface area (Å²) in [5.74, 6) is -1.22. The van der Waals surface area contributed by atoms with Crippen LogP contribution in [0, 0.1) is 11.6 Å². The monoisotopic (exact) mass is 446 g/mol. The summed E-state index contributed by atoms with van der Waals surface area (Å²) in [6, 6.07) is 15.3. The number of hydrogen-bond donors (Lipinski definition) is 0. The van der Waals surface area contributed by atoms with E-state index in [4.69, 9.17) is 4.74 Å². The Morgan fingerprint density at radius 3 is 1.97 bits per heavy atom. The van der Waals surface area contributed by atoms with E-state index in [1.807, 2.05) is 12.1 Å². The second kappa shape index (κ2) is 11.6. The maximum absolute atomic E-state index is 14.8. The Balaban J connectivity index is 1.65. The van der Waals surface area contributed by atoms with Gasteiger partial charge in [0.25, 0.3) is 0 Å². The second-order valence-corrected chi connectivity index (χ2v) is 7.51. The first-order valence-corrected chi connectivity index (χ1v) is 10.8. The molecule has 2 nitrogen and oxygen atoms in total. The van der Waals surface area contributed by atoms with Gasteiger partial charge in [-0.05, 0) is 53.4 Å². The molecule has 0 unspecified atom stereocenters. The molecule has 0 spiro atoms. The molecule has 0 radical (unpaired) electrons. The van der Waals surface area contributed by atoms with E-state index in [0.29, 0.717) is 28.9 Å². The molecular weight excluding hydrogens is 420 g/mol. The number of rotatable bonds is 11. The molecule has 0 bridgehead atoms. The first-order valence-electron chi connectivity index (χ1n) is 10.8. The second-order valence-electron chi connectivity index (χ2n) is 7.51.